The fourth-order valence-electron chi connectivity index (χ4n) is 2.14. The van der Waals surface area contributed by atoms with Gasteiger partial charge in [0.1, 0.15) is 0 Å². The molecular formula is C16H26N2O2. The van der Waals surface area contributed by atoms with Crippen LogP contribution in [0, 0.1) is 0 Å². The van der Waals surface area contributed by atoms with Crippen LogP contribution in [0.2, 0.25) is 0 Å². The topological polar surface area (TPSA) is 55.6 Å². The van der Waals surface area contributed by atoms with E-state index in [9.17, 15) is 4.79 Å². The first-order chi connectivity index (χ1) is 9.63. The van der Waals surface area contributed by atoms with Gasteiger partial charge >= 0.3 is 5.97 Å². The van der Waals surface area contributed by atoms with Crippen molar-refractivity contribution < 1.29 is 9.53 Å². The van der Waals surface area contributed by atoms with Gasteiger partial charge in [0.25, 0.3) is 0 Å². The minimum atomic E-state index is -0.350. The monoisotopic (exact) mass is 278 g/mol. The summed E-state index contributed by atoms with van der Waals surface area (Å²) in [6.07, 6.45) is 4.59. The molecule has 0 spiro atoms. The van der Waals surface area contributed by atoms with Gasteiger partial charge in [-0.1, -0.05) is 26.7 Å². The number of carbonyl (C=O) groups is 1. The maximum absolute atomic E-state index is 11.5. The summed E-state index contributed by atoms with van der Waals surface area (Å²) < 4.78 is 4.71. The Balaban J connectivity index is 2.91. The van der Waals surface area contributed by atoms with Gasteiger partial charge in [0.05, 0.1) is 24.0 Å². The molecule has 0 aliphatic heterocycles. The number of unbranched alkanes of at least 4 members (excludes halogenated alkanes) is 2. The van der Waals surface area contributed by atoms with Gasteiger partial charge in [-0.2, -0.15) is 0 Å². The van der Waals surface area contributed by atoms with E-state index < -0.39 is 0 Å². The lowest BCUT2D eigenvalue weighted by molar-refractivity contribution is 0.0601. The van der Waals surface area contributed by atoms with Crippen LogP contribution in [-0.2, 0) is 4.74 Å². The average Bonchev–Trinajstić information content (AvgIpc) is 2.47. The van der Waals surface area contributed by atoms with Gasteiger partial charge in [0.2, 0.25) is 0 Å². The largest absolute Gasteiger partial charge is 0.465 e. The zero-order valence-corrected chi connectivity index (χ0v) is 12.8. The summed E-state index contributed by atoms with van der Waals surface area (Å²) in [4.78, 5) is 13.8. The molecule has 1 aromatic carbocycles. The average molecular weight is 278 g/mol. The second-order valence-electron chi connectivity index (χ2n) is 4.96. The van der Waals surface area contributed by atoms with Crippen molar-refractivity contribution in [2.24, 2.45) is 0 Å². The van der Waals surface area contributed by atoms with E-state index in [1.807, 2.05) is 6.07 Å². The lowest BCUT2D eigenvalue weighted by Gasteiger charge is -2.26. The number of nitrogens with zero attached hydrogens (tertiary/aromatic N) is 1. The quantitative estimate of drug-likeness (QED) is 0.584. The van der Waals surface area contributed by atoms with E-state index in [0.29, 0.717) is 11.3 Å². The maximum Gasteiger partial charge on any atom is 0.337 e. The Morgan fingerprint density at radius 2 is 1.80 bits per heavy atom. The van der Waals surface area contributed by atoms with Crippen molar-refractivity contribution in [2.45, 2.75) is 39.5 Å². The predicted octanol–water partition coefficient (Wildman–Crippen LogP) is 3.46. The Morgan fingerprint density at radius 1 is 1.20 bits per heavy atom. The fraction of sp³-hybridized carbons (Fsp3) is 0.562. The molecule has 0 aliphatic carbocycles. The van der Waals surface area contributed by atoms with Gasteiger partial charge in [-0.25, -0.2) is 4.79 Å². The Labute approximate surface area is 121 Å². The molecule has 0 fully saturated rings. The number of nitrogen functional groups attached to an aromatic ring is 1. The Morgan fingerprint density at radius 3 is 2.25 bits per heavy atom. The highest BCUT2D eigenvalue weighted by molar-refractivity contribution is 5.91. The summed E-state index contributed by atoms with van der Waals surface area (Å²) in [6, 6.07) is 5.40. The van der Waals surface area contributed by atoms with E-state index in [0.717, 1.165) is 44.5 Å². The summed E-state index contributed by atoms with van der Waals surface area (Å²) in [6.45, 7) is 6.36. The van der Waals surface area contributed by atoms with Crippen LogP contribution in [0.4, 0.5) is 11.4 Å². The minimum Gasteiger partial charge on any atom is -0.465 e. The van der Waals surface area contributed by atoms with Crippen LogP contribution >= 0.6 is 0 Å². The molecule has 0 atom stereocenters. The van der Waals surface area contributed by atoms with Crippen molar-refractivity contribution in [1.29, 1.82) is 0 Å². The smallest absolute Gasteiger partial charge is 0.337 e. The molecule has 0 amide bonds. The van der Waals surface area contributed by atoms with Crippen LogP contribution in [0.3, 0.4) is 0 Å². The standard InChI is InChI=1S/C16H26N2O2/c1-4-6-10-18(11-7-5-2)15-9-8-13(12-14(15)17)16(19)20-3/h8-9,12H,4-7,10-11,17H2,1-3H3. The summed E-state index contributed by atoms with van der Waals surface area (Å²) in [7, 11) is 1.38. The Bertz CT molecular complexity index is 424. The second-order valence-corrected chi connectivity index (χ2v) is 4.96. The van der Waals surface area contributed by atoms with E-state index in [2.05, 4.69) is 18.7 Å². The SMILES string of the molecule is CCCCN(CCCC)c1ccc(C(=O)OC)cc1N. The number of rotatable bonds is 8. The van der Waals surface area contributed by atoms with Crippen LogP contribution in [0.5, 0.6) is 0 Å². The van der Waals surface area contributed by atoms with Gasteiger partial charge in [-0.3, -0.25) is 0 Å². The Kier molecular flexibility index (Phi) is 6.91. The minimum absolute atomic E-state index is 0.350. The normalized spacial score (nSPS) is 10.3. The number of carbonyl (C=O) groups excluding carboxylic acids is 1. The van der Waals surface area contributed by atoms with E-state index >= 15 is 0 Å². The number of hydrogen-bond donors (Lipinski definition) is 1. The molecule has 1 rings (SSSR count). The highest BCUT2D eigenvalue weighted by Crippen LogP contribution is 2.25. The van der Waals surface area contributed by atoms with E-state index in [1.165, 1.54) is 7.11 Å². The third kappa shape index (κ3) is 4.44. The molecule has 2 N–H and O–H groups in total. The molecular weight excluding hydrogens is 252 g/mol. The number of hydrogen-bond acceptors (Lipinski definition) is 4. The third-order valence-corrected chi connectivity index (χ3v) is 3.35. The zero-order chi connectivity index (χ0) is 15.0. The highest BCUT2D eigenvalue weighted by Gasteiger charge is 2.12. The first kappa shape index (κ1) is 16.3. The summed E-state index contributed by atoms with van der Waals surface area (Å²) in [5.41, 5.74) is 8.26. The molecule has 0 saturated heterocycles. The molecule has 0 aromatic heterocycles. The molecule has 0 heterocycles. The first-order valence-electron chi connectivity index (χ1n) is 7.36. The number of ether oxygens (including phenoxy) is 1. The number of esters is 1. The summed E-state index contributed by atoms with van der Waals surface area (Å²) in [5, 5.41) is 0. The van der Waals surface area contributed by atoms with Gasteiger partial charge in [0, 0.05) is 13.1 Å². The Hall–Kier alpha value is -1.71. The zero-order valence-electron chi connectivity index (χ0n) is 12.8. The van der Waals surface area contributed by atoms with Crippen LogP contribution in [0.15, 0.2) is 18.2 Å². The first-order valence-corrected chi connectivity index (χ1v) is 7.36. The summed E-state index contributed by atoms with van der Waals surface area (Å²) in [5.74, 6) is -0.350. The molecule has 112 valence electrons. The van der Waals surface area contributed by atoms with Crippen molar-refractivity contribution in [3.63, 3.8) is 0 Å². The molecule has 0 saturated carbocycles. The van der Waals surface area contributed by atoms with Gasteiger partial charge in [-0.05, 0) is 31.0 Å². The van der Waals surface area contributed by atoms with Crippen molar-refractivity contribution in [3.05, 3.63) is 23.8 Å². The van der Waals surface area contributed by atoms with Crippen LogP contribution in [-0.4, -0.2) is 26.2 Å². The van der Waals surface area contributed by atoms with Crippen molar-refractivity contribution in [2.75, 3.05) is 30.8 Å². The second kappa shape index (κ2) is 8.46. The molecule has 0 radical (unpaired) electrons. The van der Waals surface area contributed by atoms with Crippen LogP contribution in [0.25, 0.3) is 0 Å². The maximum atomic E-state index is 11.5. The van der Waals surface area contributed by atoms with Crippen molar-refractivity contribution in [1.82, 2.24) is 0 Å². The van der Waals surface area contributed by atoms with Gasteiger partial charge < -0.3 is 15.4 Å². The van der Waals surface area contributed by atoms with Gasteiger partial charge in [-0.15, -0.1) is 0 Å². The molecule has 0 bridgehead atoms. The molecule has 20 heavy (non-hydrogen) atoms. The van der Waals surface area contributed by atoms with E-state index in [-0.39, 0.29) is 5.97 Å². The molecule has 0 aliphatic rings. The molecule has 1 aromatic rings. The van der Waals surface area contributed by atoms with E-state index in [1.54, 1.807) is 12.1 Å². The van der Waals surface area contributed by atoms with Crippen molar-refractivity contribution in [3.8, 4) is 0 Å². The van der Waals surface area contributed by atoms with Gasteiger partial charge in [0.15, 0.2) is 0 Å². The van der Waals surface area contributed by atoms with Crippen molar-refractivity contribution >= 4 is 17.3 Å². The fourth-order valence-corrected chi connectivity index (χ4v) is 2.14. The van der Waals surface area contributed by atoms with Crippen LogP contribution < -0.4 is 10.6 Å². The molecule has 4 heteroatoms. The lowest BCUT2D eigenvalue weighted by atomic mass is 10.1. The molecule has 0 unspecified atom stereocenters. The lowest BCUT2D eigenvalue weighted by Crippen LogP contribution is -2.26. The molecule has 4 nitrogen and oxygen atoms in total. The van der Waals surface area contributed by atoms with E-state index in [4.69, 9.17) is 10.5 Å². The predicted molar refractivity (Wildman–Crippen MR) is 84.2 cm³/mol. The highest BCUT2D eigenvalue weighted by atomic mass is 16.5. The van der Waals surface area contributed by atoms with Crippen LogP contribution in [0.1, 0.15) is 49.9 Å². The number of benzene rings is 1. The number of anilines is 2. The third-order valence-electron chi connectivity index (χ3n) is 3.35. The number of methoxy groups -OCH3 is 1. The number of nitrogens with two attached hydrogens (primary N) is 1. The summed E-state index contributed by atoms with van der Waals surface area (Å²) >= 11 is 0.